The predicted octanol–water partition coefficient (Wildman–Crippen LogP) is 3.41. The fourth-order valence-corrected chi connectivity index (χ4v) is 1.87. The van der Waals surface area contributed by atoms with Crippen molar-refractivity contribution in [1.29, 1.82) is 0 Å². The van der Waals surface area contributed by atoms with Crippen molar-refractivity contribution in [3.8, 4) is 0 Å². The largest absolute Gasteiger partial charge is 0.444 e. The molecule has 130 valence electrons. The third-order valence-electron chi connectivity index (χ3n) is 2.94. The Kier molecular flexibility index (Phi) is 5.98. The number of nitrogens with one attached hydrogen (secondary N) is 1. The van der Waals surface area contributed by atoms with Crippen LogP contribution in [0.5, 0.6) is 0 Å². The maximum absolute atomic E-state index is 13.8. The molecule has 0 fully saturated rings. The van der Waals surface area contributed by atoms with Crippen molar-refractivity contribution < 1.29 is 27.1 Å². The van der Waals surface area contributed by atoms with Crippen molar-refractivity contribution in [2.24, 2.45) is 5.73 Å². The van der Waals surface area contributed by atoms with Gasteiger partial charge in [0.25, 0.3) is 0 Å². The second-order valence-electron chi connectivity index (χ2n) is 6.05. The summed E-state index contributed by atoms with van der Waals surface area (Å²) in [7, 11) is 0. The highest BCUT2D eigenvalue weighted by atomic mass is 19.4. The second-order valence-corrected chi connectivity index (χ2v) is 6.05. The number of hydrogen-bond acceptors (Lipinski definition) is 3. The van der Waals surface area contributed by atoms with Gasteiger partial charge in [-0.2, -0.15) is 13.2 Å². The smallest absolute Gasteiger partial charge is 0.416 e. The van der Waals surface area contributed by atoms with E-state index in [1.165, 1.54) is 0 Å². The minimum Gasteiger partial charge on any atom is -0.444 e. The third-order valence-corrected chi connectivity index (χ3v) is 2.94. The van der Waals surface area contributed by atoms with Crippen LogP contribution in [0.1, 0.15) is 37.8 Å². The molecule has 0 aromatic heterocycles. The van der Waals surface area contributed by atoms with E-state index in [-0.39, 0.29) is 18.7 Å². The molecule has 23 heavy (non-hydrogen) atoms. The van der Waals surface area contributed by atoms with Crippen molar-refractivity contribution in [1.82, 2.24) is 5.32 Å². The van der Waals surface area contributed by atoms with Crippen LogP contribution < -0.4 is 11.1 Å². The molecule has 0 saturated heterocycles. The molecule has 3 N–H and O–H groups in total. The molecule has 1 amide bonds. The van der Waals surface area contributed by atoms with Crippen molar-refractivity contribution in [2.45, 2.75) is 38.5 Å². The molecule has 1 rings (SSSR count). The molecule has 0 aliphatic rings. The monoisotopic (exact) mass is 336 g/mol. The molecule has 0 bridgehead atoms. The maximum Gasteiger partial charge on any atom is 0.416 e. The van der Waals surface area contributed by atoms with Gasteiger partial charge in [0.1, 0.15) is 11.4 Å². The molecule has 1 aromatic rings. The number of nitrogens with two attached hydrogens (primary N) is 1. The standard InChI is InChI=1S/C15H20F4N2O2/c1-14(2,3)23-13(22)21-8-9(7-20)11-6-10(15(17,18)19)4-5-12(11)16/h4-6,9H,7-8,20H2,1-3H3,(H,21,22). The summed E-state index contributed by atoms with van der Waals surface area (Å²) in [6.45, 7) is 4.73. The first-order valence-electron chi connectivity index (χ1n) is 6.97. The molecule has 1 atom stereocenters. The zero-order valence-corrected chi connectivity index (χ0v) is 13.1. The SMILES string of the molecule is CC(C)(C)OC(=O)NCC(CN)c1cc(C(F)(F)F)ccc1F. The summed E-state index contributed by atoms with van der Waals surface area (Å²) in [6, 6.07) is 2.12. The highest BCUT2D eigenvalue weighted by molar-refractivity contribution is 5.67. The van der Waals surface area contributed by atoms with Crippen LogP contribution >= 0.6 is 0 Å². The molecule has 0 aliphatic carbocycles. The highest BCUT2D eigenvalue weighted by Gasteiger charge is 2.32. The van der Waals surface area contributed by atoms with Crippen LogP contribution in [0.25, 0.3) is 0 Å². The lowest BCUT2D eigenvalue weighted by Gasteiger charge is -2.22. The summed E-state index contributed by atoms with van der Waals surface area (Å²) in [5, 5.41) is 2.39. The lowest BCUT2D eigenvalue weighted by Crippen LogP contribution is -2.36. The maximum atomic E-state index is 13.8. The summed E-state index contributed by atoms with van der Waals surface area (Å²) < 4.78 is 57.0. The first-order valence-corrected chi connectivity index (χ1v) is 6.97. The Morgan fingerprint density at radius 2 is 1.91 bits per heavy atom. The van der Waals surface area contributed by atoms with Crippen molar-refractivity contribution in [3.63, 3.8) is 0 Å². The molecular formula is C15H20F4N2O2. The molecule has 1 unspecified atom stereocenters. The van der Waals surface area contributed by atoms with Crippen molar-refractivity contribution in [3.05, 3.63) is 35.1 Å². The van der Waals surface area contributed by atoms with E-state index in [9.17, 15) is 22.4 Å². The molecule has 0 saturated carbocycles. The number of carbonyl (C=O) groups excluding carboxylic acids is 1. The van der Waals surface area contributed by atoms with Gasteiger partial charge in [-0.15, -0.1) is 0 Å². The van der Waals surface area contributed by atoms with E-state index in [0.29, 0.717) is 12.1 Å². The number of carbonyl (C=O) groups is 1. The fraction of sp³-hybridized carbons (Fsp3) is 0.533. The summed E-state index contributed by atoms with van der Waals surface area (Å²) in [5.74, 6) is -1.61. The summed E-state index contributed by atoms with van der Waals surface area (Å²) in [5.41, 5.74) is 3.62. The Morgan fingerprint density at radius 1 is 1.30 bits per heavy atom. The van der Waals surface area contributed by atoms with E-state index >= 15 is 0 Å². The minimum atomic E-state index is -4.58. The average Bonchev–Trinajstić information content (AvgIpc) is 2.37. The third kappa shape index (κ3) is 6.05. The van der Waals surface area contributed by atoms with Crippen LogP contribution in [0.2, 0.25) is 0 Å². The Hall–Kier alpha value is -1.83. The van der Waals surface area contributed by atoms with Gasteiger partial charge in [0, 0.05) is 19.0 Å². The Balaban J connectivity index is 2.88. The topological polar surface area (TPSA) is 64.3 Å². The normalized spacial score (nSPS) is 13.6. The fourth-order valence-electron chi connectivity index (χ4n) is 1.87. The zero-order valence-electron chi connectivity index (χ0n) is 13.1. The molecular weight excluding hydrogens is 316 g/mol. The van der Waals surface area contributed by atoms with E-state index in [2.05, 4.69) is 5.32 Å². The quantitative estimate of drug-likeness (QED) is 0.828. The first kappa shape index (κ1) is 19.2. The van der Waals surface area contributed by atoms with Crippen LogP contribution in [0.3, 0.4) is 0 Å². The van der Waals surface area contributed by atoms with Crippen LogP contribution in [-0.4, -0.2) is 24.8 Å². The number of amides is 1. The number of hydrogen-bond donors (Lipinski definition) is 2. The van der Waals surface area contributed by atoms with E-state index in [0.717, 1.165) is 6.07 Å². The van der Waals surface area contributed by atoms with Gasteiger partial charge in [0.05, 0.1) is 5.56 Å². The van der Waals surface area contributed by atoms with Gasteiger partial charge in [-0.1, -0.05) is 0 Å². The van der Waals surface area contributed by atoms with Gasteiger partial charge >= 0.3 is 12.3 Å². The van der Waals surface area contributed by atoms with E-state index in [1.54, 1.807) is 20.8 Å². The number of benzene rings is 1. The highest BCUT2D eigenvalue weighted by Crippen LogP contribution is 2.32. The second kappa shape index (κ2) is 7.16. The molecule has 8 heteroatoms. The average molecular weight is 336 g/mol. The number of rotatable bonds is 4. The summed E-state index contributed by atoms with van der Waals surface area (Å²) >= 11 is 0. The Bertz CT molecular complexity index is 553. The molecule has 0 radical (unpaired) electrons. The number of alkyl carbamates (subject to hydrolysis) is 1. The van der Waals surface area contributed by atoms with Crippen molar-refractivity contribution in [2.75, 3.05) is 13.1 Å². The molecule has 0 heterocycles. The molecule has 0 spiro atoms. The Morgan fingerprint density at radius 3 is 2.39 bits per heavy atom. The summed E-state index contributed by atoms with van der Waals surface area (Å²) in [6.07, 6.45) is -5.33. The Labute approximate surface area is 132 Å². The van der Waals surface area contributed by atoms with Gasteiger partial charge in [-0.3, -0.25) is 0 Å². The number of ether oxygens (including phenoxy) is 1. The lowest BCUT2D eigenvalue weighted by molar-refractivity contribution is -0.137. The predicted molar refractivity (Wildman–Crippen MR) is 77.4 cm³/mol. The van der Waals surface area contributed by atoms with E-state index < -0.39 is 35.2 Å². The van der Waals surface area contributed by atoms with Gasteiger partial charge < -0.3 is 15.8 Å². The molecule has 0 aliphatic heterocycles. The summed E-state index contributed by atoms with van der Waals surface area (Å²) in [4.78, 5) is 11.6. The van der Waals surface area contributed by atoms with Crippen LogP contribution in [0, 0.1) is 5.82 Å². The van der Waals surface area contributed by atoms with Gasteiger partial charge in [-0.05, 0) is 44.5 Å². The minimum absolute atomic E-state index is 0.131. The molecule has 1 aromatic carbocycles. The van der Waals surface area contributed by atoms with Gasteiger partial charge in [0.15, 0.2) is 0 Å². The van der Waals surface area contributed by atoms with E-state index in [4.69, 9.17) is 10.5 Å². The van der Waals surface area contributed by atoms with Crippen LogP contribution in [0.15, 0.2) is 18.2 Å². The van der Waals surface area contributed by atoms with Crippen LogP contribution in [-0.2, 0) is 10.9 Å². The number of halogens is 4. The van der Waals surface area contributed by atoms with Gasteiger partial charge in [-0.25, -0.2) is 9.18 Å². The van der Waals surface area contributed by atoms with Crippen molar-refractivity contribution >= 4 is 6.09 Å². The first-order chi connectivity index (χ1) is 10.4. The lowest BCUT2D eigenvalue weighted by atomic mass is 9.96. The van der Waals surface area contributed by atoms with Crippen LogP contribution in [0.4, 0.5) is 22.4 Å². The van der Waals surface area contributed by atoms with E-state index in [1.807, 2.05) is 0 Å². The number of alkyl halides is 3. The zero-order chi connectivity index (χ0) is 17.8. The van der Waals surface area contributed by atoms with Gasteiger partial charge in [0.2, 0.25) is 0 Å². The molecule has 4 nitrogen and oxygen atoms in total.